The largest absolute Gasteiger partial charge is 0.448 e. The number of para-hydroxylation sites is 1. The van der Waals surface area contributed by atoms with Gasteiger partial charge in [-0.1, -0.05) is 78.3 Å². The van der Waals surface area contributed by atoms with E-state index in [1.807, 2.05) is 48.5 Å². The molecule has 5 aromatic rings. The Balaban J connectivity index is 1.17. The Labute approximate surface area is 252 Å². The zero-order valence-corrected chi connectivity index (χ0v) is 23.7. The van der Waals surface area contributed by atoms with Crippen molar-refractivity contribution >= 4 is 40.2 Å². The van der Waals surface area contributed by atoms with E-state index in [1.54, 1.807) is 12.3 Å². The van der Waals surface area contributed by atoms with Gasteiger partial charge in [-0.2, -0.15) is 0 Å². The molecule has 2 amide bonds. The number of hydrogen-bond donors (Lipinski definition) is 1. The summed E-state index contributed by atoms with van der Waals surface area (Å²) in [6.07, 6.45) is 2.92. The summed E-state index contributed by atoms with van der Waals surface area (Å²) in [6, 6.07) is 25.7. The summed E-state index contributed by atoms with van der Waals surface area (Å²) < 4.78 is 20.4. The number of anilines is 1. The molecule has 2 aromatic heterocycles. The molecule has 7 rings (SSSR count). The smallest absolute Gasteiger partial charge is 0.410 e. The van der Waals surface area contributed by atoms with Gasteiger partial charge in [0.15, 0.2) is 11.0 Å². The lowest BCUT2D eigenvalue weighted by Gasteiger charge is -2.27. The number of amides is 2. The number of likely N-dealkylation sites (tertiary alicyclic amines) is 1. The fourth-order valence-corrected chi connectivity index (χ4v) is 6.50. The van der Waals surface area contributed by atoms with Crippen LogP contribution in [0.15, 0.2) is 97.3 Å². The van der Waals surface area contributed by atoms with E-state index in [-0.39, 0.29) is 24.2 Å². The standard InChI is InChI=1S/C34H26ClFN4O3/c35-32-28(36)17-21(18-38-32)22-14-16-40(31(22)33(41)39-29-13-5-7-20-8-6-15-37-30(20)29)34(42)43-19-27-25-11-3-1-9-23(25)24-10-2-4-12-26(24)27/h1-13,15,17-18,22,27,31H,14,16,19H2,(H,39,41)/t22-,31-/m1/s1. The molecule has 1 aliphatic heterocycles. The van der Waals surface area contributed by atoms with Gasteiger partial charge in [-0.3, -0.25) is 14.7 Å². The first-order valence-corrected chi connectivity index (χ1v) is 14.4. The van der Waals surface area contributed by atoms with E-state index in [0.29, 0.717) is 23.2 Å². The SMILES string of the molecule is O=C(Nc1cccc2cccnc12)[C@H]1[C@@H](c2cnc(Cl)c(F)c2)CCN1C(=O)OCC1c2ccccc2-c2ccccc21. The monoisotopic (exact) mass is 592 g/mol. The van der Waals surface area contributed by atoms with Crippen LogP contribution in [-0.4, -0.2) is 46.1 Å². The summed E-state index contributed by atoms with van der Waals surface area (Å²) >= 11 is 5.85. The molecule has 1 saturated heterocycles. The third-order valence-electron chi connectivity index (χ3n) is 8.37. The van der Waals surface area contributed by atoms with E-state index >= 15 is 0 Å². The van der Waals surface area contributed by atoms with Gasteiger partial charge < -0.3 is 10.1 Å². The molecule has 0 spiro atoms. The van der Waals surface area contributed by atoms with Crippen LogP contribution in [-0.2, 0) is 9.53 Å². The number of halogens is 2. The Bertz CT molecular complexity index is 1830. The lowest BCUT2D eigenvalue weighted by molar-refractivity contribution is -0.120. The quantitative estimate of drug-likeness (QED) is 0.219. The van der Waals surface area contributed by atoms with Crippen molar-refractivity contribution in [1.82, 2.24) is 14.9 Å². The Kier molecular flexibility index (Phi) is 6.99. The van der Waals surface area contributed by atoms with E-state index < -0.39 is 29.8 Å². The minimum Gasteiger partial charge on any atom is -0.448 e. The summed E-state index contributed by atoms with van der Waals surface area (Å²) in [4.78, 5) is 37.5. The molecule has 1 fully saturated rings. The normalized spacial score (nSPS) is 17.5. The third kappa shape index (κ3) is 4.87. The predicted octanol–water partition coefficient (Wildman–Crippen LogP) is 7.17. The van der Waals surface area contributed by atoms with Crippen molar-refractivity contribution in [2.75, 3.05) is 18.5 Å². The summed E-state index contributed by atoms with van der Waals surface area (Å²) in [6.45, 7) is 0.365. The van der Waals surface area contributed by atoms with Crippen LogP contribution in [0, 0.1) is 5.82 Å². The molecule has 0 unspecified atom stereocenters. The van der Waals surface area contributed by atoms with Crippen molar-refractivity contribution in [2.45, 2.75) is 24.3 Å². The number of carbonyl (C=O) groups is 2. The lowest BCUT2D eigenvalue weighted by atomic mass is 9.92. The number of nitrogens with one attached hydrogen (secondary N) is 1. The van der Waals surface area contributed by atoms with Crippen molar-refractivity contribution in [3.63, 3.8) is 0 Å². The number of hydrogen-bond acceptors (Lipinski definition) is 5. The van der Waals surface area contributed by atoms with Crippen LogP contribution in [0.4, 0.5) is 14.9 Å². The van der Waals surface area contributed by atoms with Crippen LogP contribution in [0.25, 0.3) is 22.0 Å². The first-order valence-electron chi connectivity index (χ1n) is 14.1. The van der Waals surface area contributed by atoms with Crippen molar-refractivity contribution in [2.24, 2.45) is 0 Å². The molecule has 0 bridgehead atoms. The number of benzene rings is 3. The number of rotatable bonds is 5. The van der Waals surface area contributed by atoms with Crippen LogP contribution < -0.4 is 5.32 Å². The van der Waals surface area contributed by atoms with Crippen molar-refractivity contribution in [3.8, 4) is 11.1 Å². The number of pyridine rings is 2. The second-order valence-electron chi connectivity index (χ2n) is 10.7. The van der Waals surface area contributed by atoms with Gasteiger partial charge in [-0.25, -0.2) is 14.2 Å². The van der Waals surface area contributed by atoms with Crippen molar-refractivity contribution in [3.05, 3.63) is 125 Å². The highest BCUT2D eigenvalue weighted by Gasteiger charge is 2.44. The molecule has 0 radical (unpaired) electrons. The van der Waals surface area contributed by atoms with Gasteiger partial charge >= 0.3 is 6.09 Å². The maximum Gasteiger partial charge on any atom is 0.410 e. The topological polar surface area (TPSA) is 84.4 Å². The lowest BCUT2D eigenvalue weighted by Crippen LogP contribution is -2.46. The number of nitrogens with zero attached hydrogens (tertiary/aromatic N) is 3. The predicted molar refractivity (Wildman–Crippen MR) is 162 cm³/mol. The summed E-state index contributed by atoms with van der Waals surface area (Å²) in [5.41, 5.74) is 6.05. The minimum atomic E-state index is -0.975. The second kappa shape index (κ2) is 11.1. The number of ether oxygens (including phenoxy) is 1. The molecule has 3 heterocycles. The molecule has 7 nitrogen and oxygen atoms in total. The van der Waals surface area contributed by atoms with E-state index in [2.05, 4.69) is 39.6 Å². The Morgan fingerprint density at radius 1 is 0.953 bits per heavy atom. The zero-order valence-electron chi connectivity index (χ0n) is 22.9. The second-order valence-corrected chi connectivity index (χ2v) is 11.1. The van der Waals surface area contributed by atoms with Gasteiger partial charge in [0, 0.05) is 36.2 Å². The Morgan fingerprint density at radius 3 is 2.42 bits per heavy atom. The molecule has 1 N–H and O–H groups in total. The molecule has 9 heteroatoms. The van der Waals surface area contributed by atoms with Gasteiger partial charge in [0.05, 0.1) is 11.2 Å². The average Bonchev–Trinajstić information content (AvgIpc) is 3.62. The number of aromatic nitrogens is 2. The van der Waals surface area contributed by atoms with Gasteiger partial charge in [0.1, 0.15) is 12.6 Å². The first kappa shape index (κ1) is 27.0. The number of carbonyl (C=O) groups excluding carboxylic acids is 2. The molecular formula is C34H26ClFN4O3. The highest BCUT2D eigenvalue weighted by Crippen LogP contribution is 2.45. The fourth-order valence-electron chi connectivity index (χ4n) is 6.40. The molecule has 43 heavy (non-hydrogen) atoms. The highest BCUT2D eigenvalue weighted by molar-refractivity contribution is 6.29. The van der Waals surface area contributed by atoms with Gasteiger partial charge in [0.25, 0.3) is 0 Å². The molecule has 1 aliphatic carbocycles. The zero-order chi connectivity index (χ0) is 29.5. The summed E-state index contributed by atoms with van der Waals surface area (Å²) in [5.74, 6) is -1.76. The van der Waals surface area contributed by atoms with Crippen molar-refractivity contribution < 1.29 is 18.7 Å². The van der Waals surface area contributed by atoms with Crippen LogP contribution in [0.1, 0.15) is 34.9 Å². The van der Waals surface area contributed by atoms with E-state index in [9.17, 15) is 14.0 Å². The fraction of sp³-hybridized carbons (Fsp3) is 0.176. The average molecular weight is 593 g/mol. The minimum absolute atomic E-state index is 0.118. The third-order valence-corrected chi connectivity index (χ3v) is 8.65. The number of fused-ring (bicyclic) bond motifs is 4. The first-order chi connectivity index (χ1) is 21.0. The van der Waals surface area contributed by atoms with Crippen LogP contribution >= 0.6 is 11.6 Å². The molecule has 3 aromatic carbocycles. The molecule has 2 atom stereocenters. The Morgan fingerprint density at radius 2 is 1.67 bits per heavy atom. The van der Waals surface area contributed by atoms with Gasteiger partial charge in [-0.15, -0.1) is 0 Å². The van der Waals surface area contributed by atoms with Crippen LogP contribution in [0.2, 0.25) is 5.15 Å². The van der Waals surface area contributed by atoms with Crippen LogP contribution in [0.5, 0.6) is 0 Å². The molecular weight excluding hydrogens is 567 g/mol. The van der Waals surface area contributed by atoms with E-state index in [4.69, 9.17) is 16.3 Å². The summed E-state index contributed by atoms with van der Waals surface area (Å²) in [7, 11) is 0. The van der Waals surface area contributed by atoms with Gasteiger partial charge in [-0.05, 0) is 52.4 Å². The highest BCUT2D eigenvalue weighted by atomic mass is 35.5. The molecule has 2 aliphatic rings. The molecule has 0 saturated carbocycles. The Hall–Kier alpha value is -4.82. The van der Waals surface area contributed by atoms with Crippen LogP contribution in [0.3, 0.4) is 0 Å². The van der Waals surface area contributed by atoms with Crippen molar-refractivity contribution in [1.29, 1.82) is 0 Å². The van der Waals surface area contributed by atoms with E-state index in [1.165, 1.54) is 17.2 Å². The summed E-state index contributed by atoms with van der Waals surface area (Å²) in [5, 5.41) is 3.58. The molecule has 214 valence electrons. The maximum atomic E-state index is 14.5. The van der Waals surface area contributed by atoms with E-state index in [0.717, 1.165) is 27.6 Å². The maximum absolute atomic E-state index is 14.5. The van der Waals surface area contributed by atoms with Gasteiger partial charge in [0.2, 0.25) is 5.91 Å².